The van der Waals surface area contributed by atoms with Crippen molar-refractivity contribution < 1.29 is 4.79 Å². The molecule has 1 N–H and O–H groups in total. The molecular formula is C14H24N2O. The average Bonchev–Trinajstić information content (AvgIpc) is 2.84. The molecule has 1 aliphatic heterocycles. The first-order valence-corrected chi connectivity index (χ1v) is 6.98. The van der Waals surface area contributed by atoms with Crippen molar-refractivity contribution in [3.05, 3.63) is 12.2 Å². The molecule has 2 unspecified atom stereocenters. The lowest BCUT2D eigenvalue weighted by atomic mass is 9.93. The van der Waals surface area contributed by atoms with E-state index in [0.717, 1.165) is 32.4 Å². The zero-order valence-electron chi connectivity index (χ0n) is 10.8. The van der Waals surface area contributed by atoms with Crippen molar-refractivity contribution in [3.8, 4) is 0 Å². The predicted molar refractivity (Wildman–Crippen MR) is 69.8 cm³/mol. The molecule has 0 aromatic heterocycles. The van der Waals surface area contributed by atoms with Gasteiger partial charge in [-0.1, -0.05) is 19.1 Å². The van der Waals surface area contributed by atoms with Crippen LogP contribution in [0.3, 0.4) is 0 Å². The van der Waals surface area contributed by atoms with Crippen molar-refractivity contribution in [2.24, 2.45) is 5.92 Å². The van der Waals surface area contributed by atoms with E-state index in [0.29, 0.717) is 6.04 Å². The monoisotopic (exact) mass is 236 g/mol. The maximum atomic E-state index is 12.0. The number of allylic oxidation sites excluding steroid dienone is 2. The van der Waals surface area contributed by atoms with Crippen LogP contribution in [-0.2, 0) is 4.79 Å². The van der Waals surface area contributed by atoms with Crippen LogP contribution < -0.4 is 5.32 Å². The molecule has 2 aliphatic rings. The summed E-state index contributed by atoms with van der Waals surface area (Å²) in [6, 6.07) is 0.572. The van der Waals surface area contributed by atoms with Crippen molar-refractivity contribution in [2.75, 3.05) is 19.6 Å². The largest absolute Gasteiger partial charge is 0.354 e. The number of nitrogens with zero attached hydrogens (tertiary/aromatic N) is 1. The lowest BCUT2D eigenvalue weighted by Crippen LogP contribution is -2.42. The van der Waals surface area contributed by atoms with E-state index in [2.05, 4.69) is 29.3 Å². The van der Waals surface area contributed by atoms with E-state index in [1.165, 1.54) is 19.4 Å². The van der Waals surface area contributed by atoms with Crippen LogP contribution in [0.2, 0.25) is 0 Å². The van der Waals surface area contributed by atoms with Crippen LogP contribution in [0.15, 0.2) is 12.2 Å². The molecule has 2 rings (SSSR count). The molecule has 0 aromatic rings. The summed E-state index contributed by atoms with van der Waals surface area (Å²) in [7, 11) is 0. The summed E-state index contributed by atoms with van der Waals surface area (Å²) in [5, 5.41) is 3.14. The predicted octanol–water partition coefficient (Wildman–Crippen LogP) is 1.94. The Morgan fingerprint density at radius 3 is 3.00 bits per heavy atom. The smallest absolute Gasteiger partial charge is 0.223 e. The van der Waals surface area contributed by atoms with Gasteiger partial charge in [0.25, 0.3) is 0 Å². The van der Waals surface area contributed by atoms with Gasteiger partial charge in [0.2, 0.25) is 5.91 Å². The normalized spacial score (nSPS) is 29.5. The van der Waals surface area contributed by atoms with Crippen molar-refractivity contribution in [3.63, 3.8) is 0 Å². The third kappa shape index (κ3) is 3.32. The molecule has 0 bridgehead atoms. The van der Waals surface area contributed by atoms with Gasteiger partial charge < -0.3 is 5.32 Å². The van der Waals surface area contributed by atoms with E-state index in [4.69, 9.17) is 0 Å². The number of amides is 1. The zero-order chi connectivity index (χ0) is 12.1. The third-order valence-corrected chi connectivity index (χ3v) is 4.06. The minimum absolute atomic E-state index is 0.219. The number of hydrogen-bond acceptors (Lipinski definition) is 2. The Hall–Kier alpha value is -0.830. The fraction of sp³-hybridized carbons (Fsp3) is 0.786. The van der Waals surface area contributed by atoms with E-state index in [-0.39, 0.29) is 11.8 Å². The molecule has 0 saturated carbocycles. The maximum absolute atomic E-state index is 12.0. The first-order valence-electron chi connectivity index (χ1n) is 6.98. The second kappa shape index (κ2) is 6.20. The minimum Gasteiger partial charge on any atom is -0.354 e. The third-order valence-electron chi connectivity index (χ3n) is 4.06. The minimum atomic E-state index is 0.219. The Kier molecular flexibility index (Phi) is 4.60. The average molecular weight is 236 g/mol. The summed E-state index contributed by atoms with van der Waals surface area (Å²) in [5.41, 5.74) is 0. The lowest BCUT2D eigenvalue weighted by Gasteiger charge is -2.24. The Bertz CT molecular complexity index is 288. The summed E-state index contributed by atoms with van der Waals surface area (Å²) in [6.07, 6.45) is 9.83. The molecule has 1 fully saturated rings. The van der Waals surface area contributed by atoms with Crippen molar-refractivity contribution in [2.45, 2.75) is 45.1 Å². The van der Waals surface area contributed by atoms with E-state index in [1.807, 2.05) is 0 Å². The number of likely N-dealkylation sites (N-methyl/N-ethyl adjacent to an activating group) is 1. The van der Waals surface area contributed by atoms with E-state index in [9.17, 15) is 4.79 Å². The molecule has 3 heteroatoms. The summed E-state index contributed by atoms with van der Waals surface area (Å²) in [5.74, 6) is 0.480. The van der Waals surface area contributed by atoms with E-state index < -0.39 is 0 Å². The number of hydrogen-bond donors (Lipinski definition) is 1. The highest BCUT2D eigenvalue weighted by atomic mass is 16.1. The molecule has 3 nitrogen and oxygen atoms in total. The van der Waals surface area contributed by atoms with Crippen LogP contribution in [0, 0.1) is 5.92 Å². The van der Waals surface area contributed by atoms with E-state index in [1.54, 1.807) is 0 Å². The van der Waals surface area contributed by atoms with Crippen LogP contribution >= 0.6 is 0 Å². The quantitative estimate of drug-likeness (QED) is 0.757. The molecule has 1 heterocycles. The molecule has 0 radical (unpaired) electrons. The molecule has 1 aliphatic carbocycles. The van der Waals surface area contributed by atoms with Crippen LogP contribution in [-0.4, -0.2) is 36.5 Å². The Morgan fingerprint density at radius 2 is 2.29 bits per heavy atom. The standard InChI is InChI=1S/C14H24N2O/c1-2-16-10-6-9-13(16)11-15-14(17)12-7-4-3-5-8-12/h3-4,12-13H,2,5-11H2,1H3,(H,15,17). The maximum Gasteiger partial charge on any atom is 0.223 e. The van der Waals surface area contributed by atoms with Gasteiger partial charge in [0.05, 0.1) is 0 Å². The SMILES string of the molecule is CCN1CCCC1CNC(=O)C1CC=CCC1. The van der Waals surface area contributed by atoms with Gasteiger partial charge in [0, 0.05) is 18.5 Å². The van der Waals surface area contributed by atoms with Gasteiger partial charge in [-0.2, -0.15) is 0 Å². The number of nitrogens with one attached hydrogen (secondary N) is 1. The lowest BCUT2D eigenvalue weighted by molar-refractivity contribution is -0.125. The Morgan fingerprint density at radius 1 is 1.41 bits per heavy atom. The van der Waals surface area contributed by atoms with Crippen molar-refractivity contribution in [1.29, 1.82) is 0 Å². The Labute approximate surface area is 104 Å². The molecule has 0 spiro atoms. The number of carbonyl (C=O) groups is 1. The molecule has 96 valence electrons. The van der Waals surface area contributed by atoms with Crippen molar-refractivity contribution >= 4 is 5.91 Å². The first-order chi connectivity index (χ1) is 8.31. The van der Waals surface area contributed by atoms with Gasteiger partial charge in [0.1, 0.15) is 0 Å². The van der Waals surface area contributed by atoms with Gasteiger partial charge in [0.15, 0.2) is 0 Å². The molecule has 17 heavy (non-hydrogen) atoms. The molecule has 1 amide bonds. The van der Waals surface area contributed by atoms with Crippen LogP contribution in [0.4, 0.5) is 0 Å². The highest BCUT2D eigenvalue weighted by Gasteiger charge is 2.25. The summed E-state index contributed by atoms with van der Waals surface area (Å²) < 4.78 is 0. The number of likely N-dealkylation sites (tertiary alicyclic amines) is 1. The molecule has 2 atom stereocenters. The highest BCUT2D eigenvalue weighted by Crippen LogP contribution is 2.19. The summed E-state index contributed by atoms with van der Waals surface area (Å²) in [6.45, 7) is 5.34. The molecule has 0 aromatic carbocycles. The number of carbonyl (C=O) groups excluding carboxylic acids is 1. The summed E-state index contributed by atoms with van der Waals surface area (Å²) in [4.78, 5) is 14.5. The van der Waals surface area contributed by atoms with Gasteiger partial charge in [-0.15, -0.1) is 0 Å². The van der Waals surface area contributed by atoms with Crippen LogP contribution in [0.5, 0.6) is 0 Å². The topological polar surface area (TPSA) is 32.3 Å². The van der Waals surface area contributed by atoms with Gasteiger partial charge in [-0.05, 0) is 45.2 Å². The van der Waals surface area contributed by atoms with Crippen LogP contribution in [0.25, 0.3) is 0 Å². The zero-order valence-corrected chi connectivity index (χ0v) is 10.8. The van der Waals surface area contributed by atoms with Crippen LogP contribution in [0.1, 0.15) is 39.0 Å². The molecule has 1 saturated heterocycles. The van der Waals surface area contributed by atoms with Gasteiger partial charge in [-0.25, -0.2) is 0 Å². The fourth-order valence-electron chi connectivity index (χ4n) is 2.94. The van der Waals surface area contributed by atoms with Gasteiger partial charge >= 0.3 is 0 Å². The first kappa shape index (κ1) is 12.6. The molecular weight excluding hydrogens is 212 g/mol. The van der Waals surface area contributed by atoms with Gasteiger partial charge in [-0.3, -0.25) is 9.69 Å². The second-order valence-corrected chi connectivity index (χ2v) is 5.15. The second-order valence-electron chi connectivity index (χ2n) is 5.15. The summed E-state index contributed by atoms with van der Waals surface area (Å²) >= 11 is 0. The highest BCUT2D eigenvalue weighted by molar-refractivity contribution is 5.79. The van der Waals surface area contributed by atoms with Crippen molar-refractivity contribution in [1.82, 2.24) is 10.2 Å². The number of rotatable bonds is 4. The Balaban J connectivity index is 1.73. The fourth-order valence-corrected chi connectivity index (χ4v) is 2.94. The van der Waals surface area contributed by atoms with E-state index >= 15 is 0 Å².